The summed E-state index contributed by atoms with van der Waals surface area (Å²) in [7, 11) is 0. The summed E-state index contributed by atoms with van der Waals surface area (Å²) >= 11 is 0. The summed E-state index contributed by atoms with van der Waals surface area (Å²) < 4.78 is 6.63. The van der Waals surface area contributed by atoms with E-state index in [0.29, 0.717) is 43.2 Å². The Hall–Kier alpha value is -3.43. The molecule has 1 fully saturated rings. The molecule has 1 saturated heterocycles. The minimum atomic E-state index is -0.324. The molecule has 26 heavy (non-hydrogen) atoms. The number of anilines is 1. The Balaban J connectivity index is 1.61. The van der Waals surface area contributed by atoms with E-state index in [-0.39, 0.29) is 29.4 Å². The van der Waals surface area contributed by atoms with Crippen LogP contribution in [0.25, 0.3) is 17.2 Å². The number of furan rings is 1. The van der Waals surface area contributed by atoms with Crippen LogP contribution in [0.15, 0.2) is 28.9 Å². The van der Waals surface area contributed by atoms with Crippen molar-refractivity contribution in [2.75, 3.05) is 18.8 Å². The van der Waals surface area contributed by atoms with Crippen LogP contribution in [0.5, 0.6) is 0 Å². The van der Waals surface area contributed by atoms with E-state index in [1.807, 2.05) is 0 Å². The highest BCUT2D eigenvalue weighted by molar-refractivity contribution is 5.93. The summed E-state index contributed by atoms with van der Waals surface area (Å²) in [5.74, 6) is 0.138. The van der Waals surface area contributed by atoms with Crippen LogP contribution in [0.3, 0.4) is 0 Å². The van der Waals surface area contributed by atoms with Crippen molar-refractivity contribution >= 4 is 23.4 Å². The first-order valence-electron chi connectivity index (χ1n) is 8.18. The molecule has 0 aliphatic carbocycles. The molecule has 0 aromatic carbocycles. The normalized spacial score (nSPS) is 15.5. The maximum Gasteiger partial charge on any atom is 0.272 e. The van der Waals surface area contributed by atoms with Crippen molar-refractivity contribution in [1.29, 1.82) is 0 Å². The third-order valence-corrected chi connectivity index (χ3v) is 4.50. The lowest BCUT2D eigenvalue weighted by molar-refractivity contribution is -0.123. The number of rotatable bonds is 3. The van der Waals surface area contributed by atoms with E-state index in [9.17, 15) is 9.59 Å². The van der Waals surface area contributed by atoms with Gasteiger partial charge in [-0.1, -0.05) is 0 Å². The molecule has 4 N–H and O–H groups in total. The predicted molar refractivity (Wildman–Crippen MR) is 90.7 cm³/mol. The van der Waals surface area contributed by atoms with Gasteiger partial charge in [-0.05, 0) is 25.0 Å². The smallest absolute Gasteiger partial charge is 0.272 e. The number of piperidine rings is 1. The Labute approximate surface area is 147 Å². The third-order valence-electron chi connectivity index (χ3n) is 4.50. The van der Waals surface area contributed by atoms with E-state index in [2.05, 4.69) is 15.1 Å². The maximum atomic E-state index is 12.7. The Morgan fingerprint density at radius 3 is 2.65 bits per heavy atom. The number of nitrogen functional groups attached to an aromatic ring is 1. The Kier molecular flexibility index (Phi) is 3.79. The molecule has 4 heterocycles. The van der Waals surface area contributed by atoms with Crippen LogP contribution in [-0.4, -0.2) is 49.4 Å². The molecule has 0 unspecified atom stereocenters. The van der Waals surface area contributed by atoms with Crippen molar-refractivity contribution < 1.29 is 14.0 Å². The van der Waals surface area contributed by atoms with Crippen molar-refractivity contribution in [1.82, 2.24) is 24.5 Å². The molecule has 10 heteroatoms. The largest absolute Gasteiger partial charge is 0.461 e. The summed E-state index contributed by atoms with van der Waals surface area (Å²) in [6, 6.07) is 5.00. The standard InChI is InChI=1S/C16H17N7O3/c17-13(24)9-3-5-22(6-4-9)15(25)10-8-12-20-14(11-2-1-7-26-11)21-23(12)16(18)19-10/h1-2,7-9H,3-6H2,(H2,17,24)(H2,18,19). The number of nitrogens with zero attached hydrogens (tertiary/aromatic N) is 5. The zero-order chi connectivity index (χ0) is 18.3. The first-order chi connectivity index (χ1) is 12.5. The van der Waals surface area contributed by atoms with Gasteiger partial charge in [0.25, 0.3) is 5.91 Å². The molecule has 1 aliphatic rings. The Bertz CT molecular complexity index is 971. The van der Waals surface area contributed by atoms with E-state index in [4.69, 9.17) is 15.9 Å². The lowest BCUT2D eigenvalue weighted by Crippen LogP contribution is -2.42. The van der Waals surface area contributed by atoms with Gasteiger partial charge in [-0.3, -0.25) is 9.59 Å². The number of aromatic nitrogens is 4. The molecule has 0 saturated carbocycles. The zero-order valence-corrected chi connectivity index (χ0v) is 13.8. The number of nitrogens with two attached hydrogens (primary N) is 2. The van der Waals surface area contributed by atoms with Gasteiger partial charge in [-0.25, -0.2) is 9.97 Å². The Morgan fingerprint density at radius 2 is 2.00 bits per heavy atom. The van der Waals surface area contributed by atoms with Gasteiger partial charge in [0, 0.05) is 25.1 Å². The van der Waals surface area contributed by atoms with Crippen molar-refractivity contribution in [3.63, 3.8) is 0 Å². The van der Waals surface area contributed by atoms with Crippen molar-refractivity contribution in [3.8, 4) is 11.6 Å². The lowest BCUT2D eigenvalue weighted by Gasteiger charge is -2.30. The number of likely N-dealkylation sites (tertiary alicyclic amines) is 1. The molecule has 134 valence electrons. The van der Waals surface area contributed by atoms with Crippen LogP contribution < -0.4 is 11.5 Å². The van der Waals surface area contributed by atoms with E-state index in [0.717, 1.165) is 0 Å². The van der Waals surface area contributed by atoms with Crippen LogP contribution >= 0.6 is 0 Å². The highest BCUT2D eigenvalue weighted by Crippen LogP contribution is 2.21. The summed E-state index contributed by atoms with van der Waals surface area (Å²) in [6.07, 6.45) is 2.62. The average molecular weight is 355 g/mol. The van der Waals surface area contributed by atoms with Gasteiger partial charge in [0.15, 0.2) is 11.4 Å². The molecule has 0 atom stereocenters. The number of carbonyl (C=O) groups excluding carboxylic acids is 2. The summed E-state index contributed by atoms with van der Waals surface area (Å²) in [5, 5.41) is 4.25. The molecular formula is C16H17N7O3. The summed E-state index contributed by atoms with van der Waals surface area (Å²) in [4.78, 5) is 34.1. The molecule has 3 aromatic heterocycles. The van der Waals surface area contributed by atoms with Gasteiger partial charge in [0.1, 0.15) is 5.69 Å². The van der Waals surface area contributed by atoms with E-state index in [1.54, 1.807) is 17.0 Å². The van der Waals surface area contributed by atoms with Crippen molar-refractivity contribution in [2.45, 2.75) is 12.8 Å². The molecule has 0 radical (unpaired) electrons. The van der Waals surface area contributed by atoms with Crippen molar-refractivity contribution in [2.24, 2.45) is 11.7 Å². The highest BCUT2D eigenvalue weighted by atomic mass is 16.3. The first kappa shape index (κ1) is 16.1. The first-order valence-corrected chi connectivity index (χ1v) is 8.18. The second-order valence-corrected chi connectivity index (χ2v) is 6.15. The van der Waals surface area contributed by atoms with Crippen LogP contribution in [-0.2, 0) is 4.79 Å². The van der Waals surface area contributed by atoms with E-state index >= 15 is 0 Å². The second kappa shape index (κ2) is 6.14. The van der Waals surface area contributed by atoms with Crippen LogP contribution in [0.1, 0.15) is 23.3 Å². The highest BCUT2D eigenvalue weighted by Gasteiger charge is 2.27. The number of primary amides is 1. The molecule has 4 rings (SSSR count). The lowest BCUT2D eigenvalue weighted by atomic mass is 9.96. The van der Waals surface area contributed by atoms with Gasteiger partial charge < -0.3 is 20.8 Å². The molecule has 2 amide bonds. The predicted octanol–water partition coefficient (Wildman–Crippen LogP) is 0.304. The monoisotopic (exact) mass is 355 g/mol. The number of carbonyl (C=O) groups is 2. The SMILES string of the molecule is NC(=O)C1CCN(C(=O)c2cc3nc(-c4ccco4)nn3c(N)n2)CC1. The van der Waals surface area contributed by atoms with Gasteiger partial charge in [-0.15, -0.1) is 5.10 Å². The maximum absolute atomic E-state index is 12.7. The van der Waals surface area contributed by atoms with Gasteiger partial charge in [0.2, 0.25) is 17.7 Å². The minimum absolute atomic E-state index is 0.0585. The fraction of sp³-hybridized carbons (Fsp3) is 0.312. The van der Waals surface area contributed by atoms with Gasteiger partial charge in [0.05, 0.1) is 6.26 Å². The summed E-state index contributed by atoms with van der Waals surface area (Å²) in [5.41, 5.74) is 11.9. The number of amides is 2. The molecular weight excluding hydrogens is 338 g/mol. The summed E-state index contributed by atoms with van der Waals surface area (Å²) in [6.45, 7) is 0.896. The van der Waals surface area contributed by atoms with Crippen LogP contribution in [0.4, 0.5) is 5.95 Å². The quantitative estimate of drug-likeness (QED) is 0.687. The van der Waals surface area contributed by atoms with Gasteiger partial charge >= 0.3 is 0 Å². The van der Waals surface area contributed by atoms with Crippen LogP contribution in [0, 0.1) is 5.92 Å². The number of fused-ring (bicyclic) bond motifs is 1. The topological polar surface area (TPSA) is 146 Å². The minimum Gasteiger partial charge on any atom is -0.461 e. The van der Waals surface area contributed by atoms with Gasteiger partial charge in [-0.2, -0.15) is 4.52 Å². The zero-order valence-electron chi connectivity index (χ0n) is 13.8. The number of hydrogen-bond acceptors (Lipinski definition) is 7. The second-order valence-electron chi connectivity index (χ2n) is 6.15. The van der Waals surface area contributed by atoms with Crippen molar-refractivity contribution in [3.05, 3.63) is 30.2 Å². The third kappa shape index (κ3) is 2.75. The fourth-order valence-corrected chi connectivity index (χ4v) is 3.06. The van der Waals surface area contributed by atoms with E-state index < -0.39 is 0 Å². The molecule has 0 spiro atoms. The van der Waals surface area contributed by atoms with Crippen LogP contribution in [0.2, 0.25) is 0 Å². The molecule has 0 bridgehead atoms. The molecule has 10 nitrogen and oxygen atoms in total. The fourth-order valence-electron chi connectivity index (χ4n) is 3.06. The average Bonchev–Trinajstić information content (AvgIpc) is 3.30. The number of hydrogen-bond donors (Lipinski definition) is 2. The Morgan fingerprint density at radius 1 is 1.23 bits per heavy atom. The molecule has 3 aromatic rings. The van der Waals surface area contributed by atoms with E-state index in [1.165, 1.54) is 16.8 Å². The molecule has 1 aliphatic heterocycles.